The Balaban J connectivity index is 1.64. The van der Waals surface area contributed by atoms with Crippen LogP contribution in [0.3, 0.4) is 0 Å². The van der Waals surface area contributed by atoms with Gasteiger partial charge in [-0.25, -0.2) is 0 Å². The monoisotopic (exact) mass is 305 g/mol. The molecule has 21 heavy (non-hydrogen) atoms. The van der Waals surface area contributed by atoms with Crippen molar-refractivity contribution in [2.75, 3.05) is 26.7 Å². The smallest absolute Gasteiger partial charge is 0.169 e. The maximum atomic E-state index is 5.58. The fourth-order valence-corrected chi connectivity index (χ4v) is 5.55. The summed E-state index contributed by atoms with van der Waals surface area (Å²) in [5, 5.41) is 4.16. The maximum absolute atomic E-state index is 5.58. The lowest BCUT2D eigenvalue weighted by Crippen LogP contribution is -2.60. The molecule has 1 N–H and O–H groups in total. The van der Waals surface area contributed by atoms with Crippen molar-refractivity contribution in [3.05, 3.63) is 11.6 Å². The first-order valence-electron chi connectivity index (χ1n) is 8.71. The summed E-state index contributed by atoms with van der Waals surface area (Å²) in [4.78, 5) is 5.28. The van der Waals surface area contributed by atoms with Crippen molar-refractivity contribution >= 4 is 17.3 Å². The van der Waals surface area contributed by atoms with Crippen molar-refractivity contribution in [1.82, 2.24) is 15.1 Å². The van der Waals surface area contributed by atoms with E-state index in [1.165, 1.54) is 51.6 Å². The summed E-state index contributed by atoms with van der Waals surface area (Å²) >= 11 is 5.58. The van der Waals surface area contributed by atoms with Gasteiger partial charge in [-0.1, -0.05) is 18.1 Å². The molecule has 4 atom stereocenters. The van der Waals surface area contributed by atoms with Crippen LogP contribution in [0.1, 0.15) is 38.5 Å². The van der Waals surface area contributed by atoms with Crippen LogP contribution in [-0.2, 0) is 0 Å². The first kappa shape index (κ1) is 14.0. The van der Waals surface area contributed by atoms with E-state index in [1.54, 1.807) is 5.57 Å². The molecule has 0 saturated carbocycles. The first-order valence-corrected chi connectivity index (χ1v) is 9.11. The van der Waals surface area contributed by atoms with Crippen molar-refractivity contribution in [3.8, 4) is 0 Å². The highest BCUT2D eigenvalue weighted by Gasteiger charge is 2.46. The van der Waals surface area contributed by atoms with Crippen LogP contribution < -0.4 is 5.32 Å². The van der Waals surface area contributed by atoms with E-state index in [2.05, 4.69) is 21.2 Å². The van der Waals surface area contributed by atoms with Crippen LogP contribution in [0.5, 0.6) is 0 Å². The van der Waals surface area contributed by atoms with E-state index >= 15 is 0 Å². The Morgan fingerprint density at radius 1 is 1.29 bits per heavy atom. The zero-order valence-electron chi connectivity index (χ0n) is 13.1. The van der Waals surface area contributed by atoms with Crippen LogP contribution in [0.4, 0.5) is 0 Å². The van der Waals surface area contributed by atoms with Gasteiger partial charge in [0.05, 0.1) is 6.04 Å². The normalized spacial score (nSPS) is 39.1. The third-order valence-electron chi connectivity index (χ3n) is 6.13. The fourth-order valence-electron chi connectivity index (χ4n) is 5.34. The molecule has 4 rings (SSSR count). The average molecular weight is 305 g/mol. The first-order chi connectivity index (χ1) is 10.3. The highest BCUT2D eigenvalue weighted by atomic mass is 32.1. The summed E-state index contributed by atoms with van der Waals surface area (Å²) in [5.41, 5.74) is 1.70. The molecule has 0 aromatic carbocycles. The van der Waals surface area contributed by atoms with Crippen LogP contribution in [0.15, 0.2) is 11.6 Å². The van der Waals surface area contributed by atoms with Crippen LogP contribution in [0.2, 0.25) is 0 Å². The lowest BCUT2D eigenvalue weighted by Gasteiger charge is -2.55. The zero-order chi connectivity index (χ0) is 14.4. The van der Waals surface area contributed by atoms with Gasteiger partial charge in [0.15, 0.2) is 5.11 Å². The fraction of sp³-hybridized carbons (Fsp3) is 0.824. The summed E-state index contributed by atoms with van der Waals surface area (Å²) < 4.78 is 0. The summed E-state index contributed by atoms with van der Waals surface area (Å²) in [6, 6.07) is 1.42. The van der Waals surface area contributed by atoms with E-state index in [-0.39, 0.29) is 0 Å². The minimum absolute atomic E-state index is 0.581. The van der Waals surface area contributed by atoms with Gasteiger partial charge in [-0.3, -0.25) is 4.90 Å². The van der Waals surface area contributed by atoms with Crippen molar-refractivity contribution in [2.45, 2.75) is 50.6 Å². The molecule has 0 amide bonds. The third kappa shape index (κ3) is 2.31. The molecular weight excluding hydrogens is 278 g/mol. The molecule has 2 bridgehead atoms. The van der Waals surface area contributed by atoms with Crippen LogP contribution in [-0.4, -0.2) is 53.7 Å². The van der Waals surface area contributed by atoms with Gasteiger partial charge in [0, 0.05) is 26.2 Å². The van der Waals surface area contributed by atoms with Gasteiger partial charge >= 0.3 is 0 Å². The molecule has 3 nitrogen and oxygen atoms in total. The Hall–Kier alpha value is -0.610. The Morgan fingerprint density at radius 3 is 3.05 bits per heavy atom. The van der Waals surface area contributed by atoms with Gasteiger partial charge in [-0.05, 0) is 62.7 Å². The van der Waals surface area contributed by atoms with Gasteiger partial charge in [0.25, 0.3) is 0 Å². The van der Waals surface area contributed by atoms with E-state index in [9.17, 15) is 0 Å². The largest absolute Gasteiger partial charge is 0.366 e. The van der Waals surface area contributed by atoms with Crippen molar-refractivity contribution < 1.29 is 0 Å². The van der Waals surface area contributed by atoms with Gasteiger partial charge in [0.1, 0.15) is 0 Å². The number of nitrogens with one attached hydrogen (secondary N) is 1. The lowest BCUT2D eigenvalue weighted by atomic mass is 9.68. The minimum atomic E-state index is 0.581. The van der Waals surface area contributed by atoms with Crippen LogP contribution in [0, 0.1) is 11.8 Å². The second-order valence-electron chi connectivity index (χ2n) is 7.26. The predicted octanol–water partition coefficient (Wildman–Crippen LogP) is 2.39. The van der Waals surface area contributed by atoms with E-state index in [1.807, 2.05) is 7.05 Å². The Labute approximate surface area is 133 Å². The van der Waals surface area contributed by atoms with Gasteiger partial charge in [-0.15, -0.1) is 0 Å². The van der Waals surface area contributed by atoms with E-state index in [4.69, 9.17) is 12.2 Å². The molecular formula is C17H27N3S. The van der Waals surface area contributed by atoms with Gasteiger partial charge in [-0.2, -0.15) is 0 Å². The van der Waals surface area contributed by atoms with Crippen molar-refractivity contribution in [2.24, 2.45) is 11.8 Å². The maximum Gasteiger partial charge on any atom is 0.169 e. The molecule has 0 spiro atoms. The standard InChI is InChI=1S/C17H27N3S/c1-18-17(21)20-8-4-5-12-9-13-10-14(16(12)20)11-19-7-3-2-6-15(13)19/h9,13-16H,2-8,10-11H2,1H3,(H,18,21)/t13-,14-,15-,16-/m1/s1. The Morgan fingerprint density at radius 2 is 2.19 bits per heavy atom. The molecule has 0 aromatic heterocycles. The van der Waals surface area contributed by atoms with Crippen molar-refractivity contribution in [3.63, 3.8) is 0 Å². The third-order valence-corrected chi connectivity index (χ3v) is 6.57. The number of fused-ring (bicyclic) bond motifs is 6. The van der Waals surface area contributed by atoms with Crippen LogP contribution in [0.25, 0.3) is 0 Å². The summed E-state index contributed by atoms with van der Waals surface area (Å²) in [7, 11) is 1.97. The quantitative estimate of drug-likeness (QED) is 0.547. The molecule has 3 fully saturated rings. The Kier molecular flexibility index (Phi) is 3.70. The summed E-state index contributed by atoms with van der Waals surface area (Å²) in [5.74, 6) is 1.61. The second-order valence-corrected chi connectivity index (χ2v) is 7.64. The number of nitrogens with zero attached hydrogens (tertiary/aromatic N) is 2. The van der Waals surface area contributed by atoms with Crippen LogP contribution >= 0.6 is 12.2 Å². The number of thiocarbonyl (C=S) groups is 1. The molecule has 3 aliphatic heterocycles. The highest BCUT2D eigenvalue weighted by molar-refractivity contribution is 7.80. The van der Waals surface area contributed by atoms with E-state index in [0.29, 0.717) is 6.04 Å². The highest BCUT2D eigenvalue weighted by Crippen LogP contribution is 2.44. The average Bonchev–Trinajstić information content (AvgIpc) is 2.53. The number of hydrogen-bond acceptors (Lipinski definition) is 2. The topological polar surface area (TPSA) is 18.5 Å². The Bertz CT molecular complexity index is 461. The zero-order valence-corrected chi connectivity index (χ0v) is 13.9. The molecule has 3 heterocycles. The molecule has 4 aliphatic rings. The second kappa shape index (κ2) is 5.54. The molecule has 0 aromatic rings. The summed E-state index contributed by atoms with van der Waals surface area (Å²) in [6.45, 7) is 3.75. The van der Waals surface area contributed by atoms with E-state index < -0.39 is 0 Å². The molecule has 0 radical (unpaired) electrons. The minimum Gasteiger partial charge on any atom is -0.366 e. The number of rotatable bonds is 0. The number of likely N-dealkylation sites (tertiary alicyclic amines) is 1. The van der Waals surface area contributed by atoms with E-state index in [0.717, 1.165) is 29.5 Å². The SMILES string of the molecule is CNC(=S)N1CCCC2=C[C@@H]3C[C@H](CN4CCCC[C@H]34)[C@@H]21. The summed E-state index contributed by atoms with van der Waals surface area (Å²) in [6.07, 6.45) is 10.9. The van der Waals surface area contributed by atoms with Crippen molar-refractivity contribution in [1.29, 1.82) is 0 Å². The predicted molar refractivity (Wildman–Crippen MR) is 90.3 cm³/mol. The lowest BCUT2D eigenvalue weighted by molar-refractivity contribution is 0.0128. The number of hydrogen-bond donors (Lipinski definition) is 1. The van der Waals surface area contributed by atoms with Gasteiger partial charge in [0.2, 0.25) is 0 Å². The molecule has 4 heteroatoms. The molecule has 1 aliphatic carbocycles. The number of piperidine rings is 3. The molecule has 3 saturated heterocycles. The van der Waals surface area contributed by atoms with Gasteiger partial charge < -0.3 is 10.2 Å². The molecule has 0 unspecified atom stereocenters. The molecule has 116 valence electrons.